The molecule has 2 fully saturated rings. The Labute approximate surface area is 126 Å². The fourth-order valence-corrected chi connectivity index (χ4v) is 3.40. The second kappa shape index (κ2) is 5.53. The second-order valence-electron chi connectivity index (χ2n) is 6.11. The first-order valence-corrected chi connectivity index (χ1v) is 7.41. The average Bonchev–Trinajstić information content (AvgIpc) is 2.83. The zero-order chi connectivity index (χ0) is 15.9. The molecule has 0 aromatic carbocycles. The van der Waals surface area contributed by atoms with Crippen molar-refractivity contribution in [1.29, 1.82) is 0 Å². The van der Waals surface area contributed by atoms with E-state index in [1.54, 1.807) is 11.9 Å². The standard InChI is InChI=1S/C15H18F3N3O/c1-21(12-6-10-3-4-11(7-12)20-10)14(22)9-2-5-13(19-8-9)15(16,17)18/h2,5,8,10-12,20H,3-4,6-7H2,1H3. The molecule has 22 heavy (non-hydrogen) atoms. The molecule has 2 aliphatic heterocycles. The zero-order valence-corrected chi connectivity index (χ0v) is 12.2. The number of pyridine rings is 1. The molecule has 1 amide bonds. The SMILES string of the molecule is CN(C(=O)c1ccc(C(F)(F)F)nc1)C1CC2CCC(C1)N2. The fraction of sp³-hybridized carbons (Fsp3) is 0.600. The average molecular weight is 313 g/mol. The van der Waals surface area contributed by atoms with Crippen LogP contribution in [0.1, 0.15) is 41.7 Å². The van der Waals surface area contributed by atoms with Gasteiger partial charge in [0.1, 0.15) is 5.69 Å². The van der Waals surface area contributed by atoms with E-state index in [2.05, 4.69) is 10.3 Å². The quantitative estimate of drug-likeness (QED) is 0.912. The first kappa shape index (κ1) is 15.3. The normalized spacial score (nSPS) is 27.7. The van der Waals surface area contributed by atoms with Gasteiger partial charge in [0.15, 0.2) is 0 Å². The van der Waals surface area contributed by atoms with Crippen LogP contribution in [0.5, 0.6) is 0 Å². The van der Waals surface area contributed by atoms with Crippen molar-refractivity contribution in [2.45, 2.75) is 50.0 Å². The van der Waals surface area contributed by atoms with Crippen molar-refractivity contribution < 1.29 is 18.0 Å². The lowest BCUT2D eigenvalue weighted by molar-refractivity contribution is -0.141. The number of carbonyl (C=O) groups excluding carboxylic acids is 1. The first-order valence-electron chi connectivity index (χ1n) is 7.41. The van der Waals surface area contributed by atoms with Crippen LogP contribution in [0.3, 0.4) is 0 Å². The number of fused-ring (bicyclic) bond motifs is 2. The van der Waals surface area contributed by atoms with Crippen LogP contribution in [0.15, 0.2) is 18.3 Å². The number of hydrogen-bond acceptors (Lipinski definition) is 3. The van der Waals surface area contributed by atoms with Gasteiger partial charge in [-0.3, -0.25) is 9.78 Å². The van der Waals surface area contributed by atoms with Crippen molar-refractivity contribution >= 4 is 5.91 Å². The number of rotatable bonds is 2. The zero-order valence-electron chi connectivity index (χ0n) is 12.2. The molecule has 0 radical (unpaired) electrons. The topological polar surface area (TPSA) is 45.2 Å². The Morgan fingerprint density at radius 2 is 1.91 bits per heavy atom. The van der Waals surface area contributed by atoms with Gasteiger partial charge in [-0.15, -0.1) is 0 Å². The lowest BCUT2D eigenvalue weighted by atomic mass is 9.98. The third kappa shape index (κ3) is 2.95. The first-order chi connectivity index (χ1) is 10.3. The van der Waals surface area contributed by atoms with Crippen molar-refractivity contribution in [3.63, 3.8) is 0 Å². The number of hydrogen-bond donors (Lipinski definition) is 1. The van der Waals surface area contributed by atoms with E-state index in [0.29, 0.717) is 12.1 Å². The Morgan fingerprint density at radius 1 is 1.27 bits per heavy atom. The van der Waals surface area contributed by atoms with Crippen molar-refractivity contribution in [2.75, 3.05) is 7.05 Å². The van der Waals surface area contributed by atoms with E-state index in [4.69, 9.17) is 0 Å². The highest BCUT2D eigenvalue weighted by Crippen LogP contribution is 2.30. The molecule has 2 saturated heterocycles. The maximum absolute atomic E-state index is 12.5. The summed E-state index contributed by atoms with van der Waals surface area (Å²) in [7, 11) is 1.72. The summed E-state index contributed by atoms with van der Waals surface area (Å²) in [6.45, 7) is 0. The summed E-state index contributed by atoms with van der Waals surface area (Å²) < 4.78 is 37.5. The molecule has 4 nitrogen and oxygen atoms in total. The van der Waals surface area contributed by atoms with E-state index in [9.17, 15) is 18.0 Å². The number of carbonyl (C=O) groups is 1. The van der Waals surface area contributed by atoms with E-state index < -0.39 is 11.9 Å². The molecule has 2 aliphatic rings. The van der Waals surface area contributed by atoms with Gasteiger partial charge in [0.05, 0.1) is 5.56 Å². The lowest BCUT2D eigenvalue weighted by Gasteiger charge is -2.35. The van der Waals surface area contributed by atoms with Crippen molar-refractivity contribution in [2.24, 2.45) is 0 Å². The Bertz CT molecular complexity index is 546. The summed E-state index contributed by atoms with van der Waals surface area (Å²) in [4.78, 5) is 17.4. The van der Waals surface area contributed by atoms with Gasteiger partial charge in [0.2, 0.25) is 0 Å². The predicted octanol–water partition coefficient (Wildman–Crippen LogP) is 2.46. The molecule has 1 aromatic heterocycles. The molecule has 120 valence electrons. The minimum Gasteiger partial charge on any atom is -0.339 e. The Hall–Kier alpha value is -1.63. The van der Waals surface area contributed by atoms with E-state index in [1.165, 1.54) is 6.07 Å². The van der Waals surface area contributed by atoms with Crippen LogP contribution in [0.25, 0.3) is 0 Å². The van der Waals surface area contributed by atoms with Gasteiger partial charge < -0.3 is 10.2 Å². The maximum atomic E-state index is 12.5. The molecule has 7 heteroatoms. The van der Waals surface area contributed by atoms with E-state index in [-0.39, 0.29) is 17.5 Å². The molecule has 1 aromatic rings. The number of aromatic nitrogens is 1. The lowest BCUT2D eigenvalue weighted by Crippen LogP contribution is -2.48. The van der Waals surface area contributed by atoms with E-state index >= 15 is 0 Å². The minimum absolute atomic E-state index is 0.133. The molecule has 0 spiro atoms. The fourth-order valence-electron chi connectivity index (χ4n) is 3.40. The van der Waals surface area contributed by atoms with Crippen LogP contribution >= 0.6 is 0 Å². The van der Waals surface area contributed by atoms with Crippen LogP contribution in [-0.2, 0) is 6.18 Å². The monoisotopic (exact) mass is 313 g/mol. The maximum Gasteiger partial charge on any atom is 0.433 e. The molecule has 0 aliphatic carbocycles. The number of alkyl halides is 3. The third-order valence-corrected chi connectivity index (χ3v) is 4.62. The predicted molar refractivity (Wildman–Crippen MR) is 74.3 cm³/mol. The van der Waals surface area contributed by atoms with Crippen LogP contribution in [-0.4, -0.2) is 41.0 Å². The van der Waals surface area contributed by atoms with Crippen LogP contribution in [0.2, 0.25) is 0 Å². The number of piperidine rings is 1. The molecule has 2 unspecified atom stereocenters. The van der Waals surface area contributed by atoms with Crippen molar-refractivity contribution in [1.82, 2.24) is 15.2 Å². The van der Waals surface area contributed by atoms with Crippen molar-refractivity contribution in [3.05, 3.63) is 29.6 Å². The smallest absolute Gasteiger partial charge is 0.339 e. The Kier molecular flexibility index (Phi) is 3.84. The Balaban J connectivity index is 1.70. The second-order valence-corrected chi connectivity index (χ2v) is 6.11. The highest BCUT2D eigenvalue weighted by Gasteiger charge is 2.37. The van der Waals surface area contributed by atoms with Crippen LogP contribution in [0.4, 0.5) is 13.2 Å². The molecule has 3 rings (SSSR count). The molecular weight excluding hydrogens is 295 g/mol. The highest BCUT2D eigenvalue weighted by molar-refractivity contribution is 5.94. The van der Waals surface area contributed by atoms with Gasteiger partial charge in [0, 0.05) is 31.4 Å². The summed E-state index contributed by atoms with van der Waals surface area (Å²) in [6.07, 6.45) is 0.578. The molecule has 2 atom stereocenters. The highest BCUT2D eigenvalue weighted by atomic mass is 19.4. The molecule has 2 bridgehead atoms. The number of nitrogens with zero attached hydrogens (tertiary/aromatic N) is 2. The molecule has 3 heterocycles. The van der Waals surface area contributed by atoms with Crippen LogP contribution < -0.4 is 5.32 Å². The van der Waals surface area contributed by atoms with Gasteiger partial charge in [-0.1, -0.05) is 0 Å². The molecular formula is C15H18F3N3O. The summed E-state index contributed by atoms with van der Waals surface area (Å²) in [6, 6.07) is 3.08. The van der Waals surface area contributed by atoms with E-state index in [1.807, 2.05) is 0 Å². The van der Waals surface area contributed by atoms with Gasteiger partial charge in [0.25, 0.3) is 5.91 Å². The largest absolute Gasteiger partial charge is 0.433 e. The van der Waals surface area contributed by atoms with Gasteiger partial charge in [-0.05, 0) is 37.8 Å². The van der Waals surface area contributed by atoms with Crippen LogP contribution in [0, 0.1) is 0 Å². The molecule has 0 saturated carbocycles. The van der Waals surface area contributed by atoms with Gasteiger partial charge >= 0.3 is 6.18 Å². The summed E-state index contributed by atoms with van der Waals surface area (Å²) in [5, 5.41) is 3.50. The third-order valence-electron chi connectivity index (χ3n) is 4.62. The summed E-state index contributed by atoms with van der Waals surface area (Å²) >= 11 is 0. The van der Waals surface area contributed by atoms with E-state index in [0.717, 1.165) is 37.9 Å². The van der Waals surface area contributed by atoms with Crippen molar-refractivity contribution in [3.8, 4) is 0 Å². The number of halogens is 3. The van der Waals surface area contributed by atoms with Gasteiger partial charge in [-0.2, -0.15) is 13.2 Å². The summed E-state index contributed by atoms with van der Waals surface area (Å²) in [5.74, 6) is -0.271. The number of amides is 1. The Morgan fingerprint density at radius 3 is 2.41 bits per heavy atom. The molecule has 1 N–H and O–H groups in total. The van der Waals surface area contributed by atoms with Gasteiger partial charge in [-0.25, -0.2) is 0 Å². The number of nitrogens with one attached hydrogen (secondary N) is 1. The minimum atomic E-state index is -4.48. The summed E-state index contributed by atoms with van der Waals surface area (Å²) in [5.41, 5.74) is -0.784.